The maximum Gasteiger partial charge on any atom is 0.462 e. The summed E-state index contributed by atoms with van der Waals surface area (Å²) in [5.74, 6) is 0.926. The van der Waals surface area contributed by atoms with Crippen LogP contribution in [0.25, 0.3) is 0 Å². The van der Waals surface area contributed by atoms with E-state index in [9.17, 15) is 0 Å². The van der Waals surface area contributed by atoms with Crippen LogP contribution in [0.5, 0.6) is 5.75 Å². The molecule has 1 aliphatic heterocycles. The van der Waals surface area contributed by atoms with E-state index >= 15 is 0 Å². The molecule has 2 rings (SSSR count). The van der Waals surface area contributed by atoms with Crippen LogP contribution in [-0.2, 0) is 25.3 Å². The van der Waals surface area contributed by atoms with Crippen LogP contribution in [0.1, 0.15) is 119 Å². The molecule has 1 heterocycles. The SMILES string of the molecule is CCCCC1(CC)C=COP(Oc2c(C(C)(C)C)cc(C(C)(C)C)cc2C(C)(C)C)OC1. The van der Waals surface area contributed by atoms with Gasteiger partial charge in [-0.15, -0.1) is 0 Å². The average molecular weight is 463 g/mol. The Bertz CT molecular complexity index is 757. The molecule has 4 heteroatoms. The van der Waals surface area contributed by atoms with Crippen LogP contribution in [0.15, 0.2) is 24.5 Å². The highest BCUT2D eigenvalue weighted by molar-refractivity contribution is 7.42. The first-order chi connectivity index (χ1) is 14.6. The maximum atomic E-state index is 6.63. The predicted molar refractivity (Wildman–Crippen MR) is 139 cm³/mol. The summed E-state index contributed by atoms with van der Waals surface area (Å²) in [5, 5.41) is 0. The summed E-state index contributed by atoms with van der Waals surface area (Å²) in [7, 11) is -1.51. The molecule has 0 amide bonds. The lowest BCUT2D eigenvalue weighted by Gasteiger charge is -2.33. The van der Waals surface area contributed by atoms with Gasteiger partial charge in [-0.1, -0.05) is 101 Å². The van der Waals surface area contributed by atoms with Crippen molar-refractivity contribution < 1.29 is 13.6 Å². The van der Waals surface area contributed by atoms with Crippen molar-refractivity contribution in [2.75, 3.05) is 6.61 Å². The van der Waals surface area contributed by atoms with E-state index < -0.39 is 8.60 Å². The normalized spacial score (nSPS) is 22.4. The van der Waals surface area contributed by atoms with E-state index in [2.05, 4.69) is 94.4 Å². The lowest BCUT2D eigenvalue weighted by Crippen LogP contribution is -2.23. The number of benzene rings is 1. The molecule has 0 radical (unpaired) electrons. The third-order valence-electron chi connectivity index (χ3n) is 6.50. The van der Waals surface area contributed by atoms with Gasteiger partial charge < -0.3 is 9.05 Å². The Labute approximate surface area is 199 Å². The molecule has 182 valence electrons. The van der Waals surface area contributed by atoms with Crippen molar-refractivity contribution in [2.45, 2.75) is 118 Å². The fourth-order valence-electron chi connectivity index (χ4n) is 3.96. The highest BCUT2D eigenvalue weighted by atomic mass is 31.2. The van der Waals surface area contributed by atoms with Crippen molar-refractivity contribution in [3.8, 4) is 5.75 Å². The summed E-state index contributed by atoms with van der Waals surface area (Å²) >= 11 is 0. The van der Waals surface area contributed by atoms with Crippen molar-refractivity contribution in [3.05, 3.63) is 41.2 Å². The van der Waals surface area contributed by atoms with Gasteiger partial charge in [0, 0.05) is 16.5 Å². The average Bonchev–Trinajstić information content (AvgIpc) is 2.86. The maximum absolute atomic E-state index is 6.63. The predicted octanol–water partition coefficient (Wildman–Crippen LogP) is 9.33. The number of rotatable bonds is 6. The molecule has 0 saturated heterocycles. The molecule has 0 spiro atoms. The Morgan fingerprint density at radius 2 is 1.47 bits per heavy atom. The first-order valence-corrected chi connectivity index (χ1v) is 13.4. The van der Waals surface area contributed by atoms with Gasteiger partial charge in [0.1, 0.15) is 5.75 Å². The highest BCUT2D eigenvalue weighted by Gasteiger charge is 2.35. The quantitative estimate of drug-likeness (QED) is 0.394. The van der Waals surface area contributed by atoms with Crippen molar-refractivity contribution in [2.24, 2.45) is 5.41 Å². The van der Waals surface area contributed by atoms with Gasteiger partial charge in [0.15, 0.2) is 0 Å². The Hall–Kier alpha value is -1.05. The second-order valence-corrected chi connectivity index (χ2v) is 13.6. The second-order valence-electron chi connectivity index (χ2n) is 12.5. The molecular weight excluding hydrogens is 415 g/mol. The van der Waals surface area contributed by atoms with E-state index in [1.807, 2.05) is 6.26 Å². The summed E-state index contributed by atoms with van der Waals surface area (Å²) in [6, 6.07) is 4.65. The lowest BCUT2D eigenvalue weighted by molar-refractivity contribution is 0.164. The molecule has 0 aliphatic carbocycles. The molecule has 32 heavy (non-hydrogen) atoms. The summed E-state index contributed by atoms with van der Waals surface area (Å²) < 4.78 is 18.9. The van der Waals surface area contributed by atoms with Crippen molar-refractivity contribution in [1.82, 2.24) is 0 Å². The largest absolute Gasteiger partial charge is 0.462 e. The molecule has 2 atom stereocenters. The third-order valence-corrected chi connectivity index (χ3v) is 7.46. The zero-order valence-corrected chi connectivity index (χ0v) is 23.4. The van der Waals surface area contributed by atoms with Gasteiger partial charge >= 0.3 is 8.60 Å². The molecule has 3 nitrogen and oxygen atoms in total. The van der Waals surface area contributed by atoms with Crippen molar-refractivity contribution >= 4 is 8.60 Å². The summed E-state index contributed by atoms with van der Waals surface area (Å²) in [6.45, 7) is 25.4. The van der Waals surface area contributed by atoms with Gasteiger partial charge in [0.05, 0.1) is 12.9 Å². The van der Waals surface area contributed by atoms with Crippen molar-refractivity contribution in [3.63, 3.8) is 0 Å². The van der Waals surface area contributed by atoms with Gasteiger partial charge in [-0.05, 0) is 40.7 Å². The monoisotopic (exact) mass is 462 g/mol. The first-order valence-electron chi connectivity index (χ1n) is 12.3. The Morgan fingerprint density at radius 3 is 1.91 bits per heavy atom. The molecule has 0 aromatic heterocycles. The zero-order chi connectivity index (χ0) is 24.4. The first kappa shape index (κ1) is 27.2. The van der Waals surface area contributed by atoms with E-state index in [0.717, 1.165) is 18.6 Å². The van der Waals surface area contributed by atoms with Crippen LogP contribution in [0, 0.1) is 5.41 Å². The van der Waals surface area contributed by atoms with Gasteiger partial charge in [0.25, 0.3) is 0 Å². The minimum atomic E-state index is -1.51. The molecular formula is C28H47O3P. The third kappa shape index (κ3) is 6.73. The molecule has 0 fully saturated rings. The minimum absolute atomic E-state index is 0.0340. The van der Waals surface area contributed by atoms with E-state index in [1.54, 1.807) is 0 Å². The smallest absolute Gasteiger partial charge is 0.426 e. The zero-order valence-electron chi connectivity index (χ0n) is 22.5. The van der Waals surface area contributed by atoms with Crippen LogP contribution >= 0.6 is 8.60 Å². The fraction of sp³-hybridized carbons (Fsp3) is 0.714. The van der Waals surface area contributed by atoms with Gasteiger partial charge in [-0.2, -0.15) is 0 Å². The number of unbranched alkanes of at least 4 members (excludes halogenated alkanes) is 1. The van der Waals surface area contributed by atoms with Gasteiger partial charge in [-0.3, -0.25) is 4.52 Å². The Morgan fingerprint density at radius 1 is 0.906 bits per heavy atom. The minimum Gasteiger partial charge on any atom is -0.426 e. The van der Waals surface area contributed by atoms with Crippen LogP contribution in [0.4, 0.5) is 0 Å². The Kier molecular flexibility index (Phi) is 8.55. The van der Waals surface area contributed by atoms with Gasteiger partial charge in [0.2, 0.25) is 0 Å². The highest BCUT2D eigenvalue weighted by Crippen LogP contribution is 2.52. The summed E-state index contributed by atoms with van der Waals surface area (Å²) in [5.41, 5.74) is 3.72. The molecule has 0 saturated carbocycles. The van der Waals surface area contributed by atoms with E-state index in [1.165, 1.54) is 29.5 Å². The summed E-state index contributed by atoms with van der Waals surface area (Å²) in [6.07, 6.45) is 8.56. The van der Waals surface area contributed by atoms with Crippen LogP contribution in [-0.4, -0.2) is 6.61 Å². The molecule has 2 unspecified atom stereocenters. The number of hydrogen-bond donors (Lipinski definition) is 0. The standard InChI is InChI=1S/C28H47O3P/c1-12-14-15-28(13-2)16-17-29-32(30-20-28)31-24-22(26(6,7)8)18-21(25(3,4)5)19-23(24)27(9,10)11/h16-19H,12-15,20H2,1-11H3. The van der Waals surface area contributed by atoms with Crippen LogP contribution in [0.3, 0.4) is 0 Å². The molecule has 0 bridgehead atoms. The van der Waals surface area contributed by atoms with E-state index in [4.69, 9.17) is 13.6 Å². The van der Waals surface area contributed by atoms with E-state index in [-0.39, 0.29) is 21.7 Å². The van der Waals surface area contributed by atoms with Gasteiger partial charge in [-0.25, -0.2) is 0 Å². The number of hydrogen-bond acceptors (Lipinski definition) is 3. The van der Waals surface area contributed by atoms with Crippen LogP contribution < -0.4 is 4.52 Å². The van der Waals surface area contributed by atoms with Crippen LogP contribution in [0.2, 0.25) is 0 Å². The molecule has 0 N–H and O–H groups in total. The van der Waals surface area contributed by atoms with Crippen molar-refractivity contribution in [1.29, 1.82) is 0 Å². The molecule has 1 aliphatic rings. The molecule has 1 aromatic carbocycles. The topological polar surface area (TPSA) is 27.7 Å². The molecule has 1 aromatic rings. The Balaban J connectivity index is 2.48. The van der Waals surface area contributed by atoms with E-state index in [0.29, 0.717) is 6.61 Å². The lowest BCUT2D eigenvalue weighted by atomic mass is 9.75. The second kappa shape index (κ2) is 10.1. The summed E-state index contributed by atoms with van der Waals surface area (Å²) in [4.78, 5) is 0. The fourth-order valence-corrected chi connectivity index (χ4v) is 4.99.